The van der Waals surface area contributed by atoms with Crippen molar-refractivity contribution >= 4 is 23.9 Å². The Labute approximate surface area is 148 Å². The number of allylic oxidation sites excluding steroid dienone is 4. The number of hydrogen-bond donors (Lipinski definition) is 0. The number of nitrogens with zero attached hydrogens (tertiary/aromatic N) is 4. The van der Waals surface area contributed by atoms with E-state index in [1.165, 1.54) is 13.8 Å². The van der Waals surface area contributed by atoms with Gasteiger partial charge in [0, 0.05) is 35.0 Å². The number of aliphatic imine (C=N–C) groups is 4. The third-order valence-corrected chi connectivity index (χ3v) is 3.14. The summed E-state index contributed by atoms with van der Waals surface area (Å²) in [4.78, 5) is 17.1. The molecule has 0 aromatic carbocycles. The van der Waals surface area contributed by atoms with Crippen LogP contribution in [0.1, 0.15) is 27.7 Å². The van der Waals surface area contributed by atoms with Gasteiger partial charge in [0.25, 0.3) is 0 Å². The molecule has 129 valence electrons. The normalized spacial score (nSPS) is 21.6. The molecular formula is C16H22CuN4O2. The van der Waals surface area contributed by atoms with Crippen LogP contribution in [0.3, 0.4) is 0 Å². The Kier molecular flexibility index (Phi) is 10.1. The first kappa shape index (κ1) is 21.3. The van der Waals surface area contributed by atoms with Crippen LogP contribution >= 0.6 is 0 Å². The molecule has 7 heteroatoms. The minimum atomic E-state index is -0.0625. The topological polar surface area (TPSA) is 95.6 Å². The van der Waals surface area contributed by atoms with Gasteiger partial charge < -0.3 is 10.2 Å². The van der Waals surface area contributed by atoms with Crippen molar-refractivity contribution < 1.29 is 27.3 Å². The summed E-state index contributed by atoms with van der Waals surface area (Å²) in [6, 6.07) is 0. The quantitative estimate of drug-likeness (QED) is 0.456. The zero-order valence-corrected chi connectivity index (χ0v) is 14.8. The van der Waals surface area contributed by atoms with Gasteiger partial charge in [0.1, 0.15) is 0 Å². The average Bonchev–Trinajstić information content (AvgIpc) is 2.44. The Bertz CT molecular complexity index is 527. The Hall–Kier alpha value is -1.72. The number of hydrogen-bond acceptors (Lipinski definition) is 6. The summed E-state index contributed by atoms with van der Waals surface area (Å²) in [5.41, 5.74) is 2.33. The van der Waals surface area contributed by atoms with E-state index in [2.05, 4.69) is 20.0 Å². The second kappa shape index (κ2) is 10.9. The molecule has 1 heterocycles. The first-order valence-corrected chi connectivity index (χ1v) is 7.21. The minimum Gasteiger partial charge on any atom is -0.875 e. The first-order valence-electron chi connectivity index (χ1n) is 7.21. The maximum Gasteiger partial charge on any atom is 2.00 e. The van der Waals surface area contributed by atoms with Crippen LogP contribution in [0.15, 0.2) is 42.6 Å². The molecule has 0 amide bonds. The maximum absolute atomic E-state index is 11.6. The van der Waals surface area contributed by atoms with Gasteiger partial charge in [-0.2, -0.15) is 0 Å². The fraction of sp³-hybridized carbons (Fsp3) is 0.500. The van der Waals surface area contributed by atoms with Crippen LogP contribution in [-0.4, -0.2) is 50.0 Å². The molecule has 0 aromatic heterocycles. The van der Waals surface area contributed by atoms with E-state index in [1.807, 2.05) is 0 Å². The monoisotopic (exact) mass is 365 g/mol. The summed E-state index contributed by atoms with van der Waals surface area (Å²) < 4.78 is 0. The van der Waals surface area contributed by atoms with Gasteiger partial charge in [-0.3, -0.25) is 20.0 Å². The molecule has 23 heavy (non-hydrogen) atoms. The molecule has 0 bridgehead atoms. The van der Waals surface area contributed by atoms with E-state index in [9.17, 15) is 10.2 Å². The van der Waals surface area contributed by atoms with Crippen LogP contribution in [0.5, 0.6) is 0 Å². The average molecular weight is 366 g/mol. The third-order valence-electron chi connectivity index (χ3n) is 3.14. The number of rotatable bonds is 0. The van der Waals surface area contributed by atoms with Crippen molar-refractivity contribution in [3.05, 3.63) is 22.7 Å². The predicted octanol–water partition coefficient (Wildman–Crippen LogP) is 0.330. The van der Waals surface area contributed by atoms with Crippen molar-refractivity contribution in [1.29, 1.82) is 0 Å². The van der Waals surface area contributed by atoms with Crippen LogP contribution in [0.4, 0.5) is 0 Å². The Morgan fingerprint density at radius 2 is 1.13 bits per heavy atom. The van der Waals surface area contributed by atoms with Gasteiger partial charge in [-0.05, 0) is 13.8 Å². The SMILES string of the molecule is CC1=NCCN=C(C)/C(=C(/C)[O-])C=NCCN=C/C1=C(\C)[O-].[Cu+2]. The van der Waals surface area contributed by atoms with Crippen molar-refractivity contribution in [2.45, 2.75) is 27.7 Å². The molecule has 1 aliphatic rings. The van der Waals surface area contributed by atoms with Crippen molar-refractivity contribution in [2.75, 3.05) is 26.2 Å². The molecule has 0 fully saturated rings. The van der Waals surface area contributed by atoms with Crippen LogP contribution in [0, 0.1) is 0 Å². The fourth-order valence-electron chi connectivity index (χ4n) is 1.91. The van der Waals surface area contributed by atoms with E-state index in [0.717, 1.165) is 0 Å². The second-order valence-corrected chi connectivity index (χ2v) is 4.94. The van der Waals surface area contributed by atoms with E-state index in [1.54, 1.807) is 26.3 Å². The van der Waals surface area contributed by atoms with E-state index in [-0.39, 0.29) is 28.6 Å². The Balaban J connectivity index is 0.00000484. The van der Waals surface area contributed by atoms with Gasteiger partial charge >= 0.3 is 17.1 Å². The van der Waals surface area contributed by atoms with Crippen LogP contribution in [0.25, 0.3) is 0 Å². The molecule has 1 radical (unpaired) electrons. The summed E-state index contributed by atoms with van der Waals surface area (Å²) in [6.45, 7) is 8.37. The van der Waals surface area contributed by atoms with Gasteiger partial charge in [-0.15, -0.1) is 11.5 Å². The first-order chi connectivity index (χ1) is 10.4. The van der Waals surface area contributed by atoms with E-state index in [4.69, 9.17) is 0 Å². The largest absolute Gasteiger partial charge is 2.00 e. The summed E-state index contributed by atoms with van der Waals surface area (Å²) >= 11 is 0. The Morgan fingerprint density at radius 1 is 0.783 bits per heavy atom. The van der Waals surface area contributed by atoms with Gasteiger partial charge in [0.2, 0.25) is 0 Å². The van der Waals surface area contributed by atoms with E-state index in [0.29, 0.717) is 48.7 Å². The minimum absolute atomic E-state index is 0. The van der Waals surface area contributed by atoms with Crippen molar-refractivity contribution in [3.63, 3.8) is 0 Å². The molecule has 6 nitrogen and oxygen atoms in total. The molecule has 0 N–H and O–H groups in total. The molecule has 0 aliphatic carbocycles. The molecule has 0 spiro atoms. The smallest absolute Gasteiger partial charge is 0.875 e. The van der Waals surface area contributed by atoms with Gasteiger partial charge in [-0.25, -0.2) is 0 Å². The standard InChI is InChI=1S/C16H24N4O2.Cu/c1-11-15(13(3)21)9-17-5-6-18-10-16(14(4)22)12(2)20-8-7-19-11;/h9-10,21-22H,5-8H2,1-4H3;/q;+2/p-2/b15-13-,16-14-,17-9?,18-10?,19-11?,20-12?;. The molecule has 0 atom stereocenters. The Morgan fingerprint density at radius 3 is 1.43 bits per heavy atom. The summed E-state index contributed by atoms with van der Waals surface area (Å²) in [5, 5.41) is 23.2. The van der Waals surface area contributed by atoms with Crippen molar-refractivity contribution in [1.82, 2.24) is 0 Å². The maximum atomic E-state index is 11.6. The molecule has 0 saturated carbocycles. The van der Waals surface area contributed by atoms with Crippen LogP contribution < -0.4 is 10.2 Å². The van der Waals surface area contributed by atoms with Crippen LogP contribution in [0.2, 0.25) is 0 Å². The second-order valence-electron chi connectivity index (χ2n) is 4.94. The van der Waals surface area contributed by atoms with E-state index >= 15 is 0 Å². The summed E-state index contributed by atoms with van der Waals surface area (Å²) in [7, 11) is 0. The zero-order valence-electron chi connectivity index (χ0n) is 13.9. The molecule has 1 aliphatic heterocycles. The molecule has 0 unspecified atom stereocenters. The molecule has 1 rings (SSSR count). The van der Waals surface area contributed by atoms with Crippen molar-refractivity contribution in [2.24, 2.45) is 20.0 Å². The molecule has 0 saturated heterocycles. The van der Waals surface area contributed by atoms with Gasteiger partial charge in [0.05, 0.1) is 26.2 Å². The van der Waals surface area contributed by atoms with E-state index < -0.39 is 0 Å². The van der Waals surface area contributed by atoms with Crippen LogP contribution in [-0.2, 0) is 17.1 Å². The van der Waals surface area contributed by atoms with Gasteiger partial charge in [-0.1, -0.05) is 13.8 Å². The molecule has 0 aromatic rings. The predicted molar refractivity (Wildman–Crippen MR) is 88.1 cm³/mol. The third kappa shape index (κ3) is 7.39. The summed E-state index contributed by atoms with van der Waals surface area (Å²) in [6.07, 6.45) is 3.10. The fourth-order valence-corrected chi connectivity index (χ4v) is 1.91. The van der Waals surface area contributed by atoms with Crippen molar-refractivity contribution in [3.8, 4) is 0 Å². The zero-order chi connectivity index (χ0) is 16.5. The van der Waals surface area contributed by atoms with Gasteiger partial charge in [0.15, 0.2) is 0 Å². The molecular weight excluding hydrogens is 344 g/mol. The summed E-state index contributed by atoms with van der Waals surface area (Å²) in [5.74, 6) is -0.125.